The molecule has 0 radical (unpaired) electrons. The van der Waals surface area contributed by atoms with Crippen molar-refractivity contribution in [3.8, 4) is 0 Å². The second kappa shape index (κ2) is 4.97. The standard InChI is InChI=1S/C16H21NO2/c1-11(13-5-6-13)17(15-7-8-15)10-12-3-2-4-14(9-12)16(18)19/h2-4,9,11,13,15H,5-8,10H2,1H3,(H,18,19). The largest absolute Gasteiger partial charge is 0.478 e. The normalized spacial score (nSPS) is 20.5. The van der Waals surface area contributed by atoms with Crippen molar-refractivity contribution >= 4 is 5.97 Å². The Morgan fingerprint density at radius 1 is 1.37 bits per heavy atom. The van der Waals surface area contributed by atoms with Gasteiger partial charge in [-0.1, -0.05) is 12.1 Å². The highest BCUT2D eigenvalue weighted by atomic mass is 16.4. The Bertz CT molecular complexity index is 477. The van der Waals surface area contributed by atoms with E-state index in [9.17, 15) is 4.79 Å². The third-order valence-electron chi connectivity index (χ3n) is 4.38. The summed E-state index contributed by atoms with van der Waals surface area (Å²) in [7, 11) is 0. The van der Waals surface area contributed by atoms with Gasteiger partial charge in [0.25, 0.3) is 0 Å². The van der Waals surface area contributed by atoms with E-state index in [2.05, 4.69) is 11.8 Å². The number of nitrogens with zero attached hydrogens (tertiary/aromatic N) is 1. The van der Waals surface area contributed by atoms with Crippen LogP contribution in [0, 0.1) is 5.92 Å². The summed E-state index contributed by atoms with van der Waals surface area (Å²) in [6.07, 6.45) is 5.32. The van der Waals surface area contributed by atoms with Gasteiger partial charge in [-0.25, -0.2) is 4.79 Å². The topological polar surface area (TPSA) is 40.5 Å². The predicted molar refractivity (Wildman–Crippen MR) is 74.2 cm³/mol. The van der Waals surface area contributed by atoms with Crippen molar-refractivity contribution in [1.29, 1.82) is 0 Å². The summed E-state index contributed by atoms with van der Waals surface area (Å²) in [5.41, 5.74) is 1.52. The maximum absolute atomic E-state index is 11.0. The van der Waals surface area contributed by atoms with Gasteiger partial charge in [-0.2, -0.15) is 0 Å². The van der Waals surface area contributed by atoms with Crippen LogP contribution in [0.5, 0.6) is 0 Å². The number of carbonyl (C=O) groups is 1. The highest BCUT2D eigenvalue weighted by Gasteiger charge is 2.38. The molecule has 1 atom stereocenters. The van der Waals surface area contributed by atoms with E-state index < -0.39 is 5.97 Å². The molecule has 0 aromatic heterocycles. The summed E-state index contributed by atoms with van der Waals surface area (Å²) in [5, 5.41) is 9.06. The fourth-order valence-corrected chi connectivity index (χ4v) is 2.87. The van der Waals surface area contributed by atoms with Crippen molar-refractivity contribution in [3.05, 3.63) is 35.4 Å². The second-order valence-electron chi connectivity index (χ2n) is 5.99. The Hall–Kier alpha value is -1.35. The van der Waals surface area contributed by atoms with Crippen molar-refractivity contribution in [1.82, 2.24) is 4.90 Å². The molecule has 1 N–H and O–H groups in total. The van der Waals surface area contributed by atoms with Crippen molar-refractivity contribution in [2.75, 3.05) is 0 Å². The van der Waals surface area contributed by atoms with Crippen LogP contribution >= 0.6 is 0 Å². The first kappa shape index (κ1) is 12.7. The van der Waals surface area contributed by atoms with E-state index in [0.717, 1.165) is 24.1 Å². The van der Waals surface area contributed by atoms with Gasteiger partial charge < -0.3 is 5.11 Å². The second-order valence-corrected chi connectivity index (χ2v) is 5.99. The number of carboxylic acids is 1. The molecule has 2 aliphatic rings. The minimum atomic E-state index is -0.838. The van der Waals surface area contributed by atoms with Gasteiger partial charge in [-0.3, -0.25) is 4.90 Å². The zero-order chi connectivity index (χ0) is 13.4. The summed E-state index contributed by atoms with van der Waals surface area (Å²) < 4.78 is 0. The Morgan fingerprint density at radius 3 is 2.68 bits per heavy atom. The predicted octanol–water partition coefficient (Wildman–Crippen LogP) is 3.15. The molecular formula is C16H21NO2. The fraction of sp³-hybridized carbons (Fsp3) is 0.562. The Balaban J connectivity index is 1.73. The molecule has 3 nitrogen and oxygen atoms in total. The van der Waals surface area contributed by atoms with Gasteiger partial charge in [0.1, 0.15) is 0 Å². The molecule has 1 unspecified atom stereocenters. The van der Waals surface area contributed by atoms with Gasteiger partial charge in [0.05, 0.1) is 5.56 Å². The SMILES string of the molecule is CC(C1CC1)N(Cc1cccc(C(=O)O)c1)C1CC1. The zero-order valence-electron chi connectivity index (χ0n) is 11.4. The van der Waals surface area contributed by atoms with Crippen molar-refractivity contribution in [2.45, 2.75) is 51.2 Å². The molecule has 0 amide bonds. The van der Waals surface area contributed by atoms with Crippen LogP contribution in [-0.4, -0.2) is 28.1 Å². The molecule has 0 aliphatic heterocycles. The Morgan fingerprint density at radius 2 is 2.11 bits per heavy atom. The molecule has 3 heteroatoms. The molecular weight excluding hydrogens is 238 g/mol. The first-order valence-electron chi connectivity index (χ1n) is 7.23. The average Bonchev–Trinajstić information content (AvgIpc) is 3.28. The number of aromatic carboxylic acids is 1. The number of benzene rings is 1. The van der Waals surface area contributed by atoms with Crippen molar-refractivity contribution < 1.29 is 9.90 Å². The summed E-state index contributed by atoms with van der Waals surface area (Å²) in [6, 6.07) is 8.74. The van der Waals surface area contributed by atoms with E-state index in [1.165, 1.54) is 25.7 Å². The van der Waals surface area contributed by atoms with Crippen LogP contribution in [0.2, 0.25) is 0 Å². The molecule has 0 saturated heterocycles. The van der Waals surface area contributed by atoms with E-state index in [1.54, 1.807) is 6.07 Å². The zero-order valence-corrected chi connectivity index (χ0v) is 11.4. The van der Waals surface area contributed by atoms with Crippen LogP contribution in [0.3, 0.4) is 0 Å². The van der Waals surface area contributed by atoms with Crippen molar-refractivity contribution in [3.63, 3.8) is 0 Å². The number of carboxylic acid groups (broad SMARTS) is 1. The van der Waals surface area contributed by atoms with Crippen LogP contribution in [0.4, 0.5) is 0 Å². The lowest BCUT2D eigenvalue weighted by Gasteiger charge is -2.29. The minimum Gasteiger partial charge on any atom is -0.478 e. The lowest BCUT2D eigenvalue weighted by atomic mass is 10.1. The fourth-order valence-electron chi connectivity index (χ4n) is 2.87. The van der Waals surface area contributed by atoms with E-state index >= 15 is 0 Å². The summed E-state index contributed by atoms with van der Waals surface area (Å²) in [6.45, 7) is 3.22. The number of rotatable bonds is 6. The summed E-state index contributed by atoms with van der Waals surface area (Å²) >= 11 is 0. The third kappa shape index (κ3) is 2.98. The molecule has 0 heterocycles. The highest BCUT2D eigenvalue weighted by molar-refractivity contribution is 5.87. The van der Waals surface area contributed by atoms with Gasteiger partial charge in [0.2, 0.25) is 0 Å². The van der Waals surface area contributed by atoms with Gasteiger partial charge in [-0.05, 0) is 56.2 Å². The summed E-state index contributed by atoms with van der Waals surface area (Å²) in [4.78, 5) is 13.6. The average molecular weight is 259 g/mol. The first-order valence-corrected chi connectivity index (χ1v) is 7.23. The molecule has 1 aromatic carbocycles. The smallest absolute Gasteiger partial charge is 0.335 e. The Labute approximate surface area is 114 Å². The van der Waals surface area contributed by atoms with Crippen LogP contribution in [0.15, 0.2) is 24.3 Å². The lowest BCUT2D eigenvalue weighted by Crippen LogP contribution is -2.36. The van der Waals surface area contributed by atoms with E-state index in [4.69, 9.17) is 5.11 Å². The van der Waals surface area contributed by atoms with E-state index in [1.807, 2.05) is 18.2 Å². The molecule has 2 fully saturated rings. The minimum absolute atomic E-state index is 0.396. The van der Waals surface area contributed by atoms with Crippen molar-refractivity contribution in [2.24, 2.45) is 5.92 Å². The molecule has 19 heavy (non-hydrogen) atoms. The van der Waals surface area contributed by atoms with Gasteiger partial charge >= 0.3 is 5.97 Å². The van der Waals surface area contributed by atoms with Gasteiger partial charge in [0, 0.05) is 18.6 Å². The maximum atomic E-state index is 11.0. The Kier molecular flexibility index (Phi) is 3.31. The van der Waals surface area contributed by atoms with Crippen LogP contribution in [0.1, 0.15) is 48.5 Å². The van der Waals surface area contributed by atoms with Crippen LogP contribution in [0.25, 0.3) is 0 Å². The molecule has 1 aromatic rings. The molecule has 102 valence electrons. The van der Waals surface area contributed by atoms with Crippen LogP contribution in [-0.2, 0) is 6.54 Å². The molecule has 3 rings (SSSR count). The van der Waals surface area contributed by atoms with Gasteiger partial charge in [0.15, 0.2) is 0 Å². The number of hydrogen-bond acceptors (Lipinski definition) is 2. The first-order chi connectivity index (χ1) is 9.15. The highest BCUT2D eigenvalue weighted by Crippen LogP contribution is 2.40. The molecule has 0 spiro atoms. The lowest BCUT2D eigenvalue weighted by molar-refractivity contribution is 0.0696. The molecule has 0 bridgehead atoms. The molecule has 2 saturated carbocycles. The molecule has 2 aliphatic carbocycles. The van der Waals surface area contributed by atoms with E-state index in [-0.39, 0.29) is 0 Å². The third-order valence-corrected chi connectivity index (χ3v) is 4.38. The quantitative estimate of drug-likeness (QED) is 0.853. The summed E-state index contributed by atoms with van der Waals surface area (Å²) in [5.74, 6) is 0.0262. The maximum Gasteiger partial charge on any atom is 0.335 e. The van der Waals surface area contributed by atoms with E-state index in [0.29, 0.717) is 11.6 Å². The number of hydrogen-bond donors (Lipinski definition) is 1. The monoisotopic (exact) mass is 259 g/mol. The van der Waals surface area contributed by atoms with Gasteiger partial charge in [-0.15, -0.1) is 0 Å². The van der Waals surface area contributed by atoms with Crippen LogP contribution < -0.4 is 0 Å².